The van der Waals surface area contributed by atoms with Gasteiger partial charge in [0.05, 0.1) is 11.1 Å². The van der Waals surface area contributed by atoms with Crippen LogP contribution in [-0.2, 0) is 5.41 Å². The van der Waals surface area contributed by atoms with Crippen LogP contribution in [-0.4, -0.2) is 0 Å². The van der Waals surface area contributed by atoms with Gasteiger partial charge in [0.25, 0.3) is 0 Å². The smallest absolute Gasteiger partial charge is 0.0736 e. The Hall–Kier alpha value is -6.61. The number of fused-ring (bicyclic) bond motifs is 11. The molecule has 0 N–H and O–H groups in total. The molecule has 1 spiro atoms. The summed E-state index contributed by atoms with van der Waals surface area (Å²) in [4.78, 5) is 5.07. The average Bonchev–Trinajstić information content (AvgIpc) is 3.55. The predicted molar refractivity (Wildman–Crippen MR) is 231 cm³/mol. The molecule has 258 valence electrons. The van der Waals surface area contributed by atoms with E-state index in [4.69, 9.17) is 0 Å². The number of hydrogen-bond acceptors (Lipinski definition) is 2. The lowest BCUT2D eigenvalue weighted by Crippen LogP contribution is -2.32. The average molecular weight is 718 g/mol. The van der Waals surface area contributed by atoms with Gasteiger partial charge in [-0.3, -0.25) is 0 Å². The fourth-order valence-corrected chi connectivity index (χ4v) is 10.4. The second-order valence-corrected chi connectivity index (χ2v) is 15.5. The lowest BCUT2D eigenvalue weighted by atomic mass is 9.67. The number of anilines is 3. The Morgan fingerprint density at radius 3 is 1.69 bits per heavy atom. The molecule has 1 nitrogen and oxygen atoms in total. The van der Waals surface area contributed by atoms with Crippen LogP contribution in [0.25, 0.3) is 44.2 Å². The van der Waals surface area contributed by atoms with Crippen molar-refractivity contribution in [1.82, 2.24) is 0 Å². The van der Waals surface area contributed by atoms with Crippen LogP contribution >= 0.6 is 11.8 Å². The van der Waals surface area contributed by atoms with Crippen molar-refractivity contribution in [3.05, 3.63) is 235 Å². The Balaban J connectivity index is 1.21. The third-order valence-electron chi connectivity index (χ3n) is 11.5. The first-order chi connectivity index (χ1) is 27.3. The fraction of sp³-hybridized carbons (Fsp3) is 0.0189. The molecule has 0 saturated carbocycles. The van der Waals surface area contributed by atoms with Gasteiger partial charge in [-0.1, -0.05) is 182 Å². The summed E-state index contributed by atoms with van der Waals surface area (Å²) in [6, 6.07) is 78.3. The normalized spacial score (nSPS) is 13.2. The Morgan fingerprint density at radius 1 is 0.364 bits per heavy atom. The van der Waals surface area contributed by atoms with E-state index in [0.717, 1.165) is 17.1 Å². The summed E-state index contributed by atoms with van der Waals surface area (Å²) in [5.41, 5.74) is 15.6. The third kappa shape index (κ3) is 4.88. The van der Waals surface area contributed by atoms with Crippen molar-refractivity contribution in [2.45, 2.75) is 15.2 Å². The van der Waals surface area contributed by atoms with E-state index in [-0.39, 0.29) is 0 Å². The van der Waals surface area contributed by atoms with E-state index in [9.17, 15) is 0 Å². The van der Waals surface area contributed by atoms with Crippen LogP contribution in [0.4, 0.5) is 17.1 Å². The van der Waals surface area contributed by atoms with Crippen LogP contribution < -0.4 is 4.90 Å². The molecule has 2 heteroatoms. The van der Waals surface area contributed by atoms with Gasteiger partial charge < -0.3 is 4.90 Å². The van der Waals surface area contributed by atoms with Crippen molar-refractivity contribution in [3.63, 3.8) is 0 Å². The molecule has 0 amide bonds. The lowest BCUT2D eigenvalue weighted by Gasteiger charge is -2.40. The number of para-hydroxylation sites is 1. The Labute approximate surface area is 326 Å². The molecule has 0 radical (unpaired) electrons. The molecule has 9 aromatic rings. The summed E-state index contributed by atoms with van der Waals surface area (Å²) < 4.78 is 0. The van der Waals surface area contributed by atoms with Crippen LogP contribution in [0.3, 0.4) is 0 Å². The minimum atomic E-state index is -0.495. The van der Waals surface area contributed by atoms with Crippen LogP contribution in [0.15, 0.2) is 222 Å². The zero-order valence-corrected chi connectivity index (χ0v) is 30.9. The summed E-state index contributed by atoms with van der Waals surface area (Å²) in [6.07, 6.45) is 0. The largest absolute Gasteiger partial charge is 0.310 e. The molecule has 0 saturated heterocycles. The van der Waals surface area contributed by atoms with E-state index in [1.165, 1.54) is 76.2 Å². The Morgan fingerprint density at radius 2 is 0.945 bits per heavy atom. The van der Waals surface area contributed by atoms with E-state index in [2.05, 4.69) is 217 Å². The van der Waals surface area contributed by atoms with E-state index in [1.54, 1.807) is 0 Å². The molecular weight excluding hydrogens is 683 g/mol. The molecule has 55 heavy (non-hydrogen) atoms. The first kappa shape index (κ1) is 31.9. The second-order valence-electron chi connectivity index (χ2n) is 14.4. The van der Waals surface area contributed by atoms with Gasteiger partial charge in [0.15, 0.2) is 0 Å². The molecular formula is C53H35NS. The van der Waals surface area contributed by atoms with E-state index in [0.29, 0.717) is 0 Å². The minimum absolute atomic E-state index is 0.495. The summed E-state index contributed by atoms with van der Waals surface area (Å²) in [5, 5.41) is 2.55. The zero-order valence-electron chi connectivity index (χ0n) is 30.1. The monoisotopic (exact) mass is 717 g/mol. The van der Waals surface area contributed by atoms with Gasteiger partial charge in [-0.2, -0.15) is 0 Å². The van der Waals surface area contributed by atoms with Gasteiger partial charge >= 0.3 is 0 Å². The SMILES string of the molecule is c1ccc(-c2ccc(N(c3ccc4c(c3)C3(c5ccccc5Sc5ccccc53)c3ccc5ccccc5c3-4)c3ccccc3-c3ccccc3)cc2)cc1. The minimum Gasteiger partial charge on any atom is -0.310 e. The molecule has 1 heterocycles. The fourth-order valence-electron chi connectivity index (χ4n) is 9.18. The highest BCUT2D eigenvalue weighted by Gasteiger charge is 2.50. The highest BCUT2D eigenvalue weighted by Crippen LogP contribution is 2.63. The highest BCUT2D eigenvalue weighted by molar-refractivity contribution is 7.99. The molecule has 1 aliphatic carbocycles. The maximum atomic E-state index is 2.50. The highest BCUT2D eigenvalue weighted by atomic mass is 32.2. The molecule has 11 rings (SSSR count). The van der Waals surface area contributed by atoms with E-state index in [1.807, 2.05) is 11.8 Å². The Kier molecular flexibility index (Phi) is 7.40. The van der Waals surface area contributed by atoms with E-state index >= 15 is 0 Å². The van der Waals surface area contributed by atoms with Crippen LogP contribution in [0.5, 0.6) is 0 Å². The lowest BCUT2D eigenvalue weighted by molar-refractivity contribution is 0.723. The van der Waals surface area contributed by atoms with E-state index < -0.39 is 5.41 Å². The van der Waals surface area contributed by atoms with Crippen molar-refractivity contribution in [2.24, 2.45) is 0 Å². The van der Waals surface area contributed by atoms with Crippen LogP contribution in [0.2, 0.25) is 0 Å². The maximum absolute atomic E-state index is 2.50. The van der Waals surface area contributed by atoms with Crippen molar-refractivity contribution in [2.75, 3.05) is 4.90 Å². The molecule has 2 aliphatic rings. The predicted octanol–water partition coefficient (Wildman–Crippen LogP) is 14.5. The van der Waals surface area contributed by atoms with Crippen molar-refractivity contribution in [1.29, 1.82) is 0 Å². The first-order valence-electron chi connectivity index (χ1n) is 18.9. The third-order valence-corrected chi connectivity index (χ3v) is 12.7. The number of nitrogens with zero attached hydrogens (tertiary/aromatic N) is 1. The quantitative estimate of drug-likeness (QED) is 0.174. The van der Waals surface area contributed by atoms with Gasteiger partial charge in [0.2, 0.25) is 0 Å². The summed E-state index contributed by atoms with van der Waals surface area (Å²) in [6.45, 7) is 0. The molecule has 9 aromatic carbocycles. The van der Waals surface area contributed by atoms with Crippen molar-refractivity contribution in [3.8, 4) is 33.4 Å². The maximum Gasteiger partial charge on any atom is 0.0736 e. The van der Waals surface area contributed by atoms with Crippen molar-refractivity contribution >= 4 is 39.6 Å². The summed E-state index contributed by atoms with van der Waals surface area (Å²) in [5.74, 6) is 0. The second kappa shape index (κ2) is 12.8. The Bertz CT molecular complexity index is 2850. The van der Waals surface area contributed by atoms with Gasteiger partial charge in [0, 0.05) is 26.7 Å². The molecule has 0 aromatic heterocycles. The van der Waals surface area contributed by atoms with Gasteiger partial charge in [-0.25, -0.2) is 0 Å². The number of benzene rings is 9. The molecule has 0 fully saturated rings. The number of hydrogen-bond donors (Lipinski definition) is 0. The summed E-state index contributed by atoms with van der Waals surface area (Å²) >= 11 is 1.89. The molecule has 0 unspecified atom stereocenters. The first-order valence-corrected chi connectivity index (χ1v) is 19.7. The van der Waals surface area contributed by atoms with Crippen LogP contribution in [0.1, 0.15) is 22.3 Å². The van der Waals surface area contributed by atoms with Crippen LogP contribution in [0, 0.1) is 0 Å². The van der Waals surface area contributed by atoms with Gasteiger partial charge in [0.1, 0.15) is 0 Å². The standard InChI is InChI=1S/C53H35NS/c1-3-15-36(16-4-1)37-27-30-40(31-28-37)54(49-24-12-9-20-42(49)38-17-5-2-6-18-38)41-32-33-44-48(35-41)53(47-34-29-39-19-7-8-21-43(39)52(44)47)45-22-10-13-25-50(45)55-51-26-14-11-23-46(51)53/h1-35H. The molecule has 0 atom stereocenters. The van der Waals surface area contributed by atoms with Crippen molar-refractivity contribution < 1.29 is 0 Å². The topological polar surface area (TPSA) is 3.24 Å². The summed E-state index contributed by atoms with van der Waals surface area (Å²) in [7, 11) is 0. The molecule has 1 aliphatic heterocycles. The zero-order chi connectivity index (χ0) is 36.3. The van der Waals surface area contributed by atoms with Gasteiger partial charge in [-0.15, -0.1) is 0 Å². The van der Waals surface area contributed by atoms with Gasteiger partial charge in [-0.05, 0) is 103 Å². The molecule has 0 bridgehead atoms. The number of rotatable bonds is 5.